The molecule has 2 N–H and O–H groups in total. The highest BCUT2D eigenvalue weighted by Crippen LogP contribution is 2.16. The number of carbonyl (C=O) groups is 1. The van der Waals surface area contributed by atoms with Gasteiger partial charge in [0.1, 0.15) is 11.5 Å². The fraction of sp³-hybridized carbons (Fsp3) is 0.538. The summed E-state index contributed by atoms with van der Waals surface area (Å²) in [7, 11) is 3.43. The highest BCUT2D eigenvalue weighted by Gasteiger charge is 2.12. The summed E-state index contributed by atoms with van der Waals surface area (Å²) in [5.41, 5.74) is 0.255. The number of rotatable bonds is 8. The normalized spacial score (nSPS) is 10.3. The summed E-state index contributed by atoms with van der Waals surface area (Å²) >= 11 is 5.96. The lowest BCUT2D eigenvalue weighted by atomic mass is 10.2. The van der Waals surface area contributed by atoms with Crippen LogP contribution in [0.1, 0.15) is 29.8 Å². The average molecular weight is 286 g/mol. The first-order valence-electron chi connectivity index (χ1n) is 6.30. The molecule has 0 saturated carbocycles. The molecule has 0 spiro atoms. The molecule has 1 amide bonds. The minimum absolute atomic E-state index is 0.242. The van der Waals surface area contributed by atoms with Crippen molar-refractivity contribution in [1.82, 2.24) is 10.3 Å². The van der Waals surface area contributed by atoms with Crippen molar-refractivity contribution in [3.05, 3.63) is 22.8 Å². The summed E-state index contributed by atoms with van der Waals surface area (Å²) in [5.74, 6) is 0.378. The van der Waals surface area contributed by atoms with Crippen LogP contribution in [0.3, 0.4) is 0 Å². The van der Waals surface area contributed by atoms with E-state index in [0.717, 1.165) is 25.9 Å². The second-order valence-corrected chi connectivity index (χ2v) is 4.49. The molecule has 19 heavy (non-hydrogen) atoms. The van der Waals surface area contributed by atoms with E-state index in [9.17, 15) is 4.79 Å². The lowest BCUT2D eigenvalue weighted by Crippen LogP contribution is -2.26. The van der Waals surface area contributed by atoms with Crippen LogP contribution in [-0.2, 0) is 4.74 Å². The van der Waals surface area contributed by atoms with Crippen molar-refractivity contribution < 1.29 is 9.53 Å². The monoisotopic (exact) mass is 285 g/mol. The van der Waals surface area contributed by atoms with Crippen molar-refractivity contribution in [1.29, 1.82) is 0 Å². The van der Waals surface area contributed by atoms with Gasteiger partial charge in [-0.15, -0.1) is 0 Å². The van der Waals surface area contributed by atoms with Crippen molar-refractivity contribution in [2.24, 2.45) is 0 Å². The molecule has 0 unspecified atom stereocenters. The number of methoxy groups -OCH3 is 1. The molecule has 1 heterocycles. The van der Waals surface area contributed by atoms with Crippen molar-refractivity contribution in [3.63, 3.8) is 0 Å². The van der Waals surface area contributed by atoms with Crippen molar-refractivity contribution in [2.45, 2.75) is 19.3 Å². The fourth-order valence-electron chi connectivity index (χ4n) is 1.57. The largest absolute Gasteiger partial charge is 0.385 e. The summed E-state index contributed by atoms with van der Waals surface area (Å²) < 4.78 is 4.96. The summed E-state index contributed by atoms with van der Waals surface area (Å²) in [5, 5.41) is 6.05. The van der Waals surface area contributed by atoms with E-state index in [-0.39, 0.29) is 11.6 Å². The quantitative estimate of drug-likeness (QED) is 0.720. The van der Waals surface area contributed by atoms with E-state index in [0.29, 0.717) is 17.4 Å². The number of nitrogens with zero attached hydrogens (tertiary/aromatic N) is 1. The summed E-state index contributed by atoms with van der Waals surface area (Å²) in [6, 6.07) is 3.39. The van der Waals surface area contributed by atoms with E-state index in [2.05, 4.69) is 15.6 Å². The lowest BCUT2D eigenvalue weighted by molar-refractivity contribution is 0.0948. The van der Waals surface area contributed by atoms with Crippen LogP contribution < -0.4 is 10.6 Å². The van der Waals surface area contributed by atoms with Crippen molar-refractivity contribution in [2.75, 3.05) is 32.6 Å². The van der Waals surface area contributed by atoms with Gasteiger partial charge < -0.3 is 15.4 Å². The maximum absolute atomic E-state index is 11.9. The first-order valence-corrected chi connectivity index (χ1v) is 6.68. The van der Waals surface area contributed by atoms with Crippen LogP contribution in [0.15, 0.2) is 12.1 Å². The molecule has 0 aliphatic carbocycles. The standard InChI is InChI=1S/C13H20ClN3O2/c1-15-11-7-6-10(14)12(17-11)13(18)16-8-4-3-5-9-19-2/h6-7H,3-5,8-9H2,1-2H3,(H,15,17)(H,16,18). The third kappa shape index (κ3) is 5.44. The number of carbonyl (C=O) groups excluding carboxylic acids is 1. The van der Waals surface area contributed by atoms with Crippen LogP contribution in [0.2, 0.25) is 5.02 Å². The Labute approximate surface area is 118 Å². The zero-order chi connectivity index (χ0) is 14.1. The Morgan fingerprint density at radius 1 is 1.37 bits per heavy atom. The van der Waals surface area contributed by atoms with Gasteiger partial charge in [0.05, 0.1) is 5.02 Å². The van der Waals surface area contributed by atoms with Gasteiger partial charge in [-0.3, -0.25) is 4.79 Å². The number of unbranched alkanes of at least 4 members (excludes halogenated alkanes) is 2. The SMILES string of the molecule is CNc1ccc(Cl)c(C(=O)NCCCCCOC)n1. The number of aromatic nitrogens is 1. The minimum Gasteiger partial charge on any atom is -0.385 e. The number of halogens is 1. The molecular formula is C13H20ClN3O2. The van der Waals surface area contributed by atoms with Crippen LogP contribution in [0, 0.1) is 0 Å². The Hall–Kier alpha value is -1.33. The zero-order valence-corrected chi connectivity index (χ0v) is 12.1. The van der Waals surface area contributed by atoms with Crippen molar-refractivity contribution in [3.8, 4) is 0 Å². The highest BCUT2D eigenvalue weighted by atomic mass is 35.5. The van der Waals surface area contributed by atoms with Crippen LogP contribution >= 0.6 is 11.6 Å². The number of ether oxygens (including phenoxy) is 1. The van der Waals surface area contributed by atoms with Crippen LogP contribution in [0.4, 0.5) is 5.82 Å². The highest BCUT2D eigenvalue weighted by molar-refractivity contribution is 6.33. The third-order valence-corrected chi connectivity index (χ3v) is 2.93. The van der Waals surface area contributed by atoms with Gasteiger partial charge in [0.15, 0.2) is 0 Å². The molecule has 1 aromatic rings. The number of anilines is 1. The molecule has 0 aliphatic heterocycles. The average Bonchev–Trinajstić information content (AvgIpc) is 2.43. The van der Waals surface area contributed by atoms with E-state index < -0.39 is 0 Å². The van der Waals surface area contributed by atoms with Crippen molar-refractivity contribution >= 4 is 23.3 Å². The van der Waals surface area contributed by atoms with Gasteiger partial charge in [-0.25, -0.2) is 4.98 Å². The molecule has 0 bridgehead atoms. The molecule has 0 saturated heterocycles. The molecule has 1 rings (SSSR count). The Kier molecular flexibility index (Phi) is 7.22. The van der Waals surface area contributed by atoms with Gasteiger partial charge in [-0.1, -0.05) is 11.6 Å². The molecule has 0 aliphatic rings. The number of hydrogen-bond acceptors (Lipinski definition) is 4. The minimum atomic E-state index is -0.242. The predicted molar refractivity (Wildman–Crippen MR) is 76.9 cm³/mol. The smallest absolute Gasteiger partial charge is 0.271 e. The summed E-state index contributed by atoms with van der Waals surface area (Å²) in [4.78, 5) is 16.1. The molecule has 0 aromatic carbocycles. The van der Waals surface area contributed by atoms with Crippen LogP contribution in [0.5, 0.6) is 0 Å². The fourth-order valence-corrected chi connectivity index (χ4v) is 1.77. The third-order valence-electron chi connectivity index (χ3n) is 2.63. The predicted octanol–water partition coefficient (Wildman–Crippen LogP) is 2.32. The first kappa shape index (κ1) is 15.7. The number of hydrogen-bond donors (Lipinski definition) is 2. The van der Waals surface area contributed by atoms with E-state index in [4.69, 9.17) is 16.3 Å². The van der Waals surface area contributed by atoms with Crippen LogP contribution in [0.25, 0.3) is 0 Å². The van der Waals surface area contributed by atoms with E-state index in [1.165, 1.54) is 0 Å². The summed E-state index contributed by atoms with van der Waals surface area (Å²) in [6.45, 7) is 1.37. The van der Waals surface area contributed by atoms with Gasteiger partial charge in [0.25, 0.3) is 5.91 Å². The maximum atomic E-state index is 11.9. The second kappa shape index (κ2) is 8.72. The molecule has 0 atom stereocenters. The zero-order valence-electron chi connectivity index (χ0n) is 11.3. The number of nitrogens with one attached hydrogen (secondary N) is 2. The van der Waals surface area contributed by atoms with Crippen LogP contribution in [-0.4, -0.2) is 38.2 Å². The van der Waals surface area contributed by atoms with E-state index in [1.807, 2.05) is 0 Å². The molecule has 5 nitrogen and oxygen atoms in total. The van der Waals surface area contributed by atoms with E-state index in [1.54, 1.807) is 26.3 Å². The summed E-state index contributed by atoms with van der Waals surface area (Å²) in [6.07, 6.45) is 2.94. The Bertz CT molecular complexity index is 413. The first-order chi connectivity index (χ1) is 9.19. The Balaban J connectivity index is 2.40. The Morgan fingerprint density at radius 2 is 2.16 bits per heavy atom. The molecular weight excluding hydrogens is 266 g/mol. The molecule has 106 valence electrons. The molecule has 6 heteroatoms. The molecule has 1 aromatic heterocycles. The maximum Gasteiger partial charge on any atom is 0.271 e. The Morgan fingerprint density at radius 3 is 2.84 bits per heavy atom. The van der Waals surface area contributed by atoms with Gasteiger partial charge in [0.2, 0.25) is 0 Å². The van der Waals surface area contributed by atoms with Gasteiger partial charge in [-0.05, 0) is 31.4 Å². The molecule has 0 radical (unpaired) electrons. The molecule has 0 fully saturated rings. The van der Waals surface area contributed by atoms with Gasteiger partial charge >= 0.3 is 0 Å². The van der Waals surface area contributed by atoms with Gasteiger partial charge in [0, 0.05) is 27.3 Å². The topological polar surface area (TPSA) is 63.2 Å². The second-order valence-electron chi connectivity index (χ2n) is 4.09. The van der Waals surface area contributed by atoms with Gasteiger partial charge in [-0.2, -0.15) is 0 Å². The lowest BCUT2D eigenvalue weighted by Gasteiger charge is -2.07. The van der Waals surface area contributed by atoms with E-state index >= 15 is 0 Å². The number of pyridine rings is 1. The number of amides is 1.